The van der Waals surface area contributed by atoms with Crippen molar-refractivity contribution in [2.45, 2.75) is 38.6 Å². The molecule has 0 saturated heterocycles. The zero-order chi connectivity index (χ0) is 11.2. The molecule has 1 aromatic rings. The summed E-state index contributed by atoms with van der Waals surface area (Å²) in [6, 6.07) is 3.44. The Kier molecular flexibility index (Phi) is 4.17. The van der Waals surface area contributed by atoms with Crippen LogP contribution in [0.15, 0.2) is 18.3 Å². The number of aromatic hydroxyl groups is 1. The predicted octanol–water partition coefficient (Wildman–Crippen LogP) is 2.46. The van der Waals surface area contributed by atoms with Crippen molar-refractivity contribution in [3.05, 3.63) is 24.0 Å². The first-order valence-corrected chi connectivity index (χ1v) is 6.20. The van der Waals surface area contributed by atoms with Crippen LogP contribution in [-0.2, 0) is 6.54 Å². The van der Waals surface area contributed by atoms with Crippen LogP contribution in [0.25, 0.3) is 0 Å². The van der Waals surface area contributed by atoms with Gasteiger partial charge in [-0.25, -0.2) is 0 Å². The van der Waals surface area contributed by atoms with E-state index in [1.165, 1.54) is 32.1 Å². The van der Waals surface area contributed by atoms with Gasteiger partial charge in [-0.3, -0.25) is 4.98 Å². The summed E-state index contributed by atoms with van der Waals surface area (Å²) >= 11 is 0. The number of pyridine rings is 1. The lowest BCUT2D eigenvalue weighted by Gasteiger charge is -2.21. The van der Waals surface area contributed by atoms with Crippen molar-refractivity contribution in [2.24, 2.45) is 5.92 Å². The Morgan fingerprint density at radius 3 is 2.88 bits per heavy atom. The van der Waals surface area contributed by atoms with Gasteiger partial charge in [0.15, 0.2) is 0 Å². The van der Waals surface area contributed by atoms with Crippen LogP contribution in [0, 0.1) is 5.92 Å². The average Bonchev–Trinajstić information content (AvgIpc) is 2.33. The molecule has 3 nitrogen and oxygen atoms in total. The Balaban J connectivity index is 1.73. The molecule has 0 unspecified atom stereocenters. The molecular weight excluding hydrogens is 200 g/mol. The fourth-order valence-electron chi connectivity index (χ4n) is 2.35. The summed E-state index contributed by atoms with van der Waals surface area (Å²) in [5, 5.41) is 12.9. The Bertz CT molecular complexity index is 321. The van der Waals surface area contributed by atoms with Crippen molar-refractivity contribution in [2.75, 3.05) is 6.54 Å². The molecule has 0 aromatic carbocycles. The van der Waals surface area contributed by atoms with Gasteiger partial charge < -0.3 is 10.4 Å². The van der Waals surface area contributed by atoms with Crippen LogP contribution in [0.2, 0.25) is 0 Å². The van der Waals surface area contributed by atoms with Crippen molar-refractivity contribution < 1.29 is 5.11 Å². The third-order valence-electron chi connectivity index (χ3n) is 3.32. The van der Waals surface area contributed by atoms with Crippen molar-refractivity contribution >= 4 is 0 Å². The van der Waals surface area contributed by atoms with Gasteiger partial charge >= 0.3 is 0 Å². The van der Waals surface area contributed by atoms with E-state index in [1.54, 1.807) is 18.3 Å². The molecule has 0 spiro atoms. The van der Waals surface area contributed by atoms with Gasteiger partial charge in [0.05, 0.1) is 5.69 Å². The summed E-state index contributed by atoms with van der Waals surface area (Å²) < 4.78 is 0. The highest BCUT2D eigenvalue weighted by Crippen LogP contribution is 2.23. The van der Waals surface area contributed by atoms with Gasteiger partial charge in [0, 0.05) is 12.7 Å². The zero-order valence-corrected chi connectivity index (χ0v) is 9.65. The van der Waals surface area contributed by atoms with Gasteiger partial charge in [-0.1, -0.05) is 19.3 Å². The van der Waals surface area contributed by atoms with Crippen LogP contribution < -0.4 is 5.32 Å². The minimum absolute atomic E-state index is 0.290. The molecule has 1 aliphatic carbocycles. The molecule has 1 heterocycles. The number of nitrogens with zero attached hydrogens (tertiary/aromatic N) is 1. The highest BCUT2D eigenvalue weighted by molar-refractivity contribution is 5.24. The maximum absolute atomic E-state index is 9.54. The second-order valence-corrected chi connectivity index (χ2v) is 4.60. The van der Waals surface area contributed by atoms with E-state index < -0.39 is 0 Å². The third-order valence-corrected chi connectivity index (χ3v) is 3.32. The topological polar surface area (TPSA) is 45.2 Å². The monoisotopic (exact) mass is 220 g/mol. The Hall–Kier alpha value is -1.09. The molecule has 2 rings (SSSR count). The van der Waals surface area contributed by atoms with E-state index in [2.05, 4.69) is 10.3 Å². The van der Waals surface area contributed by atoms with E-state index in [9.17, 15) is 5.11 Å². The molecule has 2 N–H and O–H groups in total. The van der Waals surface area contributed by atoms with Gasteiger partial charge in [0.2, 0.25) is 0 Å². The average molecular weight is 220 g/mol. The van der Waals surface area contributed by atoms with Gasteiger partial charge in [-0.15, -0.1) is 0 Å². The standard InChI is InChI=1S/C13H20N2O/c16-13-7-4-8-15-12(13)10-14-9-11-5-2-1-3-6-11/h4,7-8,11,14,16H,1-3,5-6,9-10H2. The molecule has 0 aliphatic heterocycles. The van der Waals surface area contributed by atoms with Crippen LogP contribution in [0.4, 0.5) is 0 Å². The van der Waals surface area contributed by atoms with Crippen molar-refractivity contribution in [1.82, 2.24) is 10.3 Å². The molecule has 3 heteroatoms. The Morgan fingerprint density at radius 2 is 2.12 bits per heavy atom. The maximum atomic E-state index is 9.54. The molecule has 88 valence electrons. The summed E-state index contributed by atoms with van der Waals surface area (Å²) in [5.41, 5.74) is 0.748. The number of rotatable bonds is 4. The number of hydrogen-bond donors (Lipinski definition) is 2. The summed E-state index contributed by atoms with van der Waals surface area (Å²) in [6.45, 7) is 1.72. The number of aromatic nitrogens is 1. The van der Waals surface area contributed by atoms with Gasteiger partial charge in [-0.05, 0) is 37.4 Å². The summed E-state index contributed by atoms with van der Waals surface area (Å²) in [6.07, 6.45) is 8.57. The van der Waals surface area contributed by atoms with Crippen molar-refractivity contribution in [1.29, 1.82) is 0 Å². The smallest absolute Gasteiger partial charge is 0.138 e. The molecule has 1 fully saturated rings. The number of hydrogen-bond acceptors (Lipinski definition) is 3. The maximum Gasteiger partial charge on any atom is 0.138 e. The van der Waals surface area contributed by atoms with E-state index in [4.69, 9.17) is 0 Å². The number of nitrogens with one attached hydrogen (secondary N) is 1. The summed E-state index contributed by atoms with van der Waals surface area (Å²) in [5.74, 6) is 1.11. The second-order valence-electron chi connectivity index (χ2n) is 4.60. The first kappa shape index (κ1) is 11.4. The minimum atomic E-state index is 0.290. The first-order chi connectivity index (χ1) is 7.86. The normalized spacial score (nSPS) is 17.5. The molecule has 0 atom stereocenters. The fourth-order valence-corrected chi connectivity index (χ4v) is 2.35. The van der Waals surface area contributed by atoms with Crippen LogP contribution >= 0.6 is 0 Å². The van der Waals surface area contributed by atoms with E-state index in [0.717, 1.165) is 18.2 Å². The lowest BCUT2D eigenvalue weighted by atomic mass is 9.89. The lowest BCUT2D eigenvalue weighted by molar-refractivity contribution is 0.340. The third kappa shape index (κ3) is 3.20. The highest BCUT2D eigenvalue weighted by Gasteiger charge is 2.12. The van der Waals surface area contributed by atoms with Crippen LogP contribution in [-0.4, -0.2) is 16.6 Å². The first-order valence-electron chi connectivity index (χ1n) is 6.20. The van der Waals surface area contributed by atoms with Crippen LogP contribution in [0.5, 0.6) is 5.75 Å². The second kappa shape index (κ2) is 5.85. The molecule has 0 amide bonds. The summed E-state index contributed by atoms with van der Waals surface area (Å²) in [7, 11) is 0. The molecule has 0 bridgehead atoms. The van der Waals surface area contributed by atoms with E-state index in [1.807, 2.05) is 0 Å². The molecule has 0 radical (unpaired) electrons. The lowest BCUT2D eigenvalue weighted by Crippen LogP contribution is -2.24. The van der Waals surface area contributed by atoms with E-state index in [0.29, 0.717) is 12.3 Å². The quantitative estimate of drug-likeness (QED) is 0.819. The van der Waals surface area contributed by atoms with E-state index >= 15 is 0 Å². The molecule has 1 aliphatic rings. The fraction of sp³-hybridized carbons (Fsp3) is 0.615. The van der Waals surface area contributed by atoms with E-state index in [-0.39, 0.29) is 0 Å². The largest absolute Gasteiger partial charge is 0.506 e. The van der Waals surface area contributed by atoms with Gasteiger partial charge in [0.1, 0.15) is 5.75 Å². The van der Waals surface area contributed by atoms with Crippen LogP contribution in [0.3, 0.4) is 0 Å². The van der Waals surface area contributed by atoms with Gasteiger partial charge in [0.25, 0.3) is 0 Å². The molecule has 1 saturated carbocycles. The Morgan fingerprint density at radius 1 is 1.31 bits per heavy atom. The van der Waals surface area contributed by atoms with Crippen LogP contribution in [0.1, 0.15) is 37.8 Å². The predicted molar refractivity (Wildman–Crippen MR) is 64.2 cm³/mol. The van der Waals surface area contributed by atoms with Crippen molar-refractivity contribution in [3.8, 4) is 5.75 Å². The SMILES string of the molecule is Oc1cccnc1CNCC1CCCCC1. The Labute approximate surface area is 96.9 Å². The summed E-state index contributed by atoms with van der Waals surface area (Å²) in [4.78, 5) is 4.15. The minimum Gasteiger partial charge on any atom is -0.506 e. The molecule has 1 aromatic heterocycles. The highest BCUT2D eigenvalue weighted by atomic mass is 16.3. The molecule has 16 heavy (non-hydrogen) atoms. The van der Waals surface area contributed by atoms with Gasteiger partial charge in [-0.2, -0.15) is 0 Å². The van der Waals surface area contributed by atoms with Crippen molar-refractivity contribution in [3.63, 3.8) is 0 Å². The molecular formula is C13H20N2O. The zero-order valence-electron chi connectivity index (χ0n) is 9.65.